The summed E-state index contributed by atoms with van der Waals surface area (Å²) in [5, 5.41) is 6.53. The maximum atomic E-state index is 12.5. The first-order valence-corrected chi connectivity index (χ1v) is 9.15. The summed E-state index contributed by atoms with van der Waals surface area (Å²) in [5.41, 5.74) is 1.33. The number of para-hydroxylation sites is 1. The van der Waals surface area contributed by atoms with Crippen LogP contribution in [0.2, 0.25) is 10.0 Å². The SMILES string of the molecule is O=C(Nc1ccc(Cl)c(Cl)c1)[C@H]1CCCN(C(=O)Nc2ccccc2)C1. The lowest BCUT2D eigenvalue weighted by Crippen LogP contribution is -2.45. The van der Waals surface area contributed by atoms with Crippen molar-refractivity contribution in [3.63, 3.8) is 0 Å². The van der Waals surface area contributed by atoms with E-state index in [1.54, 1.807) is 23.1 Å². The van der Waals surface area contributed by atoms with Crippen molar-refractivity contribution in [3.05, 3.63) is 58.6 Å². The standard InChI is InChI=1S/C19H19Cl2N3O2/c20-16-9-8-15(11-17(16)21)22-18(25)13-5-4-10-24(12-13)19(26)23-14-6-2-1-3-7-14/h1-3,6-9,11,13H,4-5,10,12H2,(H,22,25)(H,23,26)/t13-/m0/s1. The average molecular weight is 392 g/mol. The van der Waals surface area contributed by atoms with Gasteiger partial charge in [0.1, 0.15) is 0 Å². The van der Waals surface area contributed by atoms with Crippen molar-refractivity contribution >= 4 is 46.5 Å². The third-order valence-electron chi connectivity index (χ3n) is 4.29. The summed E-state index contributed by atoms with van der Waals surface area (Å²) < 4.78 is 0. The molecule has 1 fully saturated rings. The van der Waals surface area contributed by atoms with E-state index in [9.17, 15) is 9.59 Å². The fourth-order valence-electron chi connectivity index (χ4n) is 2.92. The van der Waals surface area contributed by atoms with Gasteiger partial charge in [0.2, 0.25) is 5.91 Å². The number of hydrogen-bond acceptors (Lipinski definition) is 2. The van der Waals surface area contributed by atoms with Crippen LogP contribution in [-0.4, -0.2) is 29.9 Å². The number of nitrogens with zero attached hydrogens (tertiary/aromatic N) is 1. The molecule has 136 valence electrons. The summed E-state index contributed by atoms with van der Waals surface area (Å²) in [6.45, 7) is 1.01. The van der Waals surface area contributed by atoms with E-state index in [-0.39, 0.29) is 17.9 Å². The van der Waals surface area contributed by atoms with Crippen LogP contribution in [0, 0.1) is 5.92 Å². The number of amides is 3. The largest absolute Gasteiger partial charge is 0.326 e. The number of likely N-dealkylation sites (tertiary alicyclic amines) is 1. The first-order chi connectivity index (χ1) is 12.5. The second kappa shape index (κ2) is 8.43. The minimum atomic E-state index is -0.264. The van der Waals surface area contributed by atoms with E-state index in [4.69, 9.17) is 23.2 Å². The Balaban J connectivity index is 1.59. The minimum Gasteiger partial charge on any atom is -0.326 e. The van der Waals surface area contributed by atoms with E-state index in [1.165, 1.54) is 0 Å². The molecule has 0 spiro atoms. The Morgan fingerprint density at radius 2 is 1.73 bits per heavy atom. The van der Waals surface area contributed by atoms with Gasteiger partial charge >= 0.3 is 6.03 Å². The zero-order chi connectivity index (χ0) is 18.5. The molecule has 1 aliphatic rings. The van der Waals surface area contributed by atoms with E-state index < -0.39 is 0 Å². The van der Waals surface area contributed by atoms with Gasteiger partial charge in [-0.05, 0) is 43.2 Å². The molecule has 2 aromatic carbocycles. The van der Waals surface area contributed by atoms with Gasteiger partial charge < -0.3 is 15.5 Å². The smallest absolute Gasteiger partial charge is 0.321 e. The second-order valence-corrected chi connectivity index (χ2v) is 7.01. The van der Waals surface area contributed by atoms with Gasteiger partial charge in [0, 0.05) is 24.5 Å². The van der Waals surface area contributed by atoms with Gasteiger partial charge in [0.25, 0.3) is 0 Å². The molecule has 0 aromatic heterocycles. The van der Waals surface area contributed by atoms with Gasteiger partial charge in [0.15, 0.2) is 0 Å². The van der Waals surface area contributed by atoms with Gasteiger partial charge in [-0.25, -0.2) is 4.79 Å². The van der Waals surface area contributed by atoms with Crippen molar-refractivity contribution in [1.82, 2.24) is 4.90 Å². The molecular formula is C19H19Cl2N3O2. The number of benzene rings is 2. The first kappa shape index (κ1) is 18.5. The Morgan fingerprint density at radius 1 is 0.962 bits per heavy atom. The molecule has 1 atom stereocenters. The van der Waals surface area contributed by atoms with Crippen LogP contribution in [0.3, 0.4) is 0 Å². The minimum absolute atomic E-state index is 0.124. The molecule has 5 nitrogen and oxygen atoms in total. The molecule has 0 unspecified atom stereocenters. The van der Waals surface area contributed by atoms with E-state index >= 15 is 0 Å². The molecule has 0 radical (unpaired) electrons. The number of nitrogens with one attached hydrogen (secondary N) is 2. The lowest BCUT2D eigenvalue weighted by Gasteiger charge is -2.32. The predicted octanol–water partition coefficient (Wildman–Crippen LogP) is 4.88. The predicted molar refractivity (Wildman–Crippen MR) is 105 cm³/mol. The summed E-state index contributed by atoms with van der Waals surface area (Å²) >= 11 is 11.9. The molecule has 7 heteroatoms. The third-order valence-corrected chi connectivity index (χ3v) is 5.03. The molecule has 0 aliphatic carbocycles. The van der Waals surface area contributed by atoms with Gasteiger partial charge in [0.05, 0.1) is 16.0 Å². The first-order valence-electron chi connectivity index (χ1n) is 8.40. The summed E-state index contributed by atoms with van der Waals surface area (Å²) in [7, 11) is 0. The van der Waals surface area contributed by atoms with Crippen molar-refractivity contribution in [2.75, 3.05) is 23.7 Å². The highest BCUT2D eigenvalue weighted by atomic mass is 35.5. The highest BCUT2D eigenvalue weighted by molar-refractivity contribution is 6.42. The zero-order valence-corrected chi connectivity index (χ0v) is 15.6. The molecule has 1 saturated heterocycles. The molecular weight excluding hydrogens is 373 g/mol. The van der Waals surface area contributed by atoms with Gasteiger partial charge in [-0.1, -0.05) is 41.4 Å². The number of carbonyl (C=O) groups excluding carboxylic acids is 2. The topological polar surface area (TPSA) is 61.4 Å². The summed E-state index contributed by atoms with van der Waals surface area (Å²) in [6.07, 6.45) is 1.52. The molecule has 2 N–H and O–H groups in total. The molecule has 0 saturated carbocycles. The van der Waals surface area contributed by atoms with Crippen LogP contribution in [-0.2, 0) is 4.79 Å². The maximum absolute atomic E-state index is 12.5. The zero-order valence-electron chi connectivity index (χ0n) is 14.0. The molecule has 2 aromatic rings. The monoisotopic (exact) mass is 391 g/mol. The number of anilines is 2. The van der Waals surface area contributed by atoms with E-state index in [1.807, 2.05) is 30.3 Å². The van der Waals surface area contributed by atoms with E-state index in [2.05, 4.69) is 10.6 Å². The van der Waals surface area contributed by atoms with Crippen molar-refractivity contribution < 1.29 is 9.59 Å². The van der Waals surface area contributed by atoms with Crippen LogP contribution in [0.25, 0.3) is 0 Å². The Bertz CT molecular complexity index is 799. The van der Waals surface area contributed by atoms with Gasteiger partial charge in [-0.2, -0.15) is 0 Å². The highest BCUT2D eigenvalue weighted by Crippen LogP contribution is 2.26. The van der Waals surface area contributed by atoms with Crippen LogP contribution in [0.15, 0.2) is 48.5 Å². The van der Waals surface area contributed by atoms with Crippen molar-refractivity contribution in [2.24, 2.45) is 5.92 Å². The molecule has 3 rings (SSSR count). The quantitative estimate of drug-likeness (QED) is 0.783. The third kappa shape index (κ3) is 4.68. The number of urea groups is 1. The number of halogens is 2. The fourth-order valence-corrected chi connectivity index (χ4v) is 3.22. The normalized spacial score (nSPS) is 16.8. The maximum Gasteiger partial charge on any atom is 0.321 e. The van der Waals surface area contributed by atoms with Crippen molar-refractivity contribution in [1.29, 1.82) is 0 Å². The summed E-state index contributed by atoms with van der Waals surface area (Å²) in [6, 6.07) is 14.0. The molecule has 0 bridgehead atoms. The Hall–Kier alpha value is -2.24. The summed E-state index contributed by atoms with van der Waals surface area (Å²) in [5.74, 6) is -0.389. The van der Waals surface area contributed by atoms with Crippen LogP contribution < -0.4 is 10.6 Å². The number of hydrogen-bond donors (Lipinski definition) is 2. The van der Waals surface area contributed by atoms with Crippen molar-refractivity contribution in [3.8, 4) is 0 Å². The van der Waals surface area contributed by atoms with Crippen LogP contribution in [0.4, 0.5) is 16.2 Å². The molecule has 1 aliphatic heterocycles. The van der Waals surface area contributed by atoms with Gasteiger partial charge in [-0.15, -0.1) is 0 Å². The Kier molecular flexibility index (Phi) is 6.01. The molecule has 3 amide bonds. The molecule has 26 heavy (non-hydrogen) atoms. The lowest BCUT2D eigenvalue weighted by molar-refractivity contribution is -0.121. The summed E-state index contributed by atoms with van der Waals surface area (Å²) in [4.78, 5) is 26.6. The highest BCUT2D eigenvalue weighted by Gasteiger charge is 2.28. The average Bonchev–Trinajstić information content (AvgIpc) is 2.65. The molecule has 1 heterocycles. The van der Waals surface area contributed by atoms with Gasteiger partial charge in [-0.3, -0.25) is 4.79 Å². The lowest BCUT2D eigenvalue weighted by atomic mass is 9.97. The fraction of sp³-hybridized carbons (Fsp3) is 0.263. The number of piperidine rings is 1. The van der Waals surface area contributed by atoms with Crippen LogP contribution in [0.5, 0.6) is 0 Å². The Labute approximate surface area is 162 Å². The van der Waals surface area contributed by atoms with Crippen LogP contribution in [0.1, 0.15) is 12.8 Å². The van der Waals surface area contributed by atoms with E-state index in [0.717, 1.165) is 18.5 Å². The van der Waals surface area contributed by atoms with E-state index in [0.29, 0.717) is 28.8 Å². The Morgan fingerprint density at radius 3 is 2.46 bits per heavy atom. The number of carbonyl (C=O) groups is 2. The van der Waals surface area contributed by atoms with Crippen LogP contribution >= 0.6 is 23.2 Å². The second-order valence-electron chi connectivity index (χ2n) is 6.20. The number of rotatable bonds is 3. The van der Waals surface area contributed by atoms with Crippen molar-refractivity contribution in [2.45, 2.75) is 12.8 Å².